The van der Waals surface area contributed by atoms with Gasteiger partial charge in [0.05, 0.1) is 22.9 Å². The summed E-state index contributed by atoms with van der Waals surface area (Å²) >= 11 is 0. The summed E-state index contributed by atoms with van der Waals surface area (Å²) in [5, 5.41) is 14.1. The Labute approximate surface area is 193 Å². The van der Waals surface area contributed by atoms with E-state index in [0.717, 1.165) is 11.1 Å². The van der Waals surface area contributed by atoms with Gasteiger partial charge in [0.2, 0.25) is 5.91 Å². The summed E-state index contributed by atoms with van der Waals surface area (Å²) in [6.45, 7) is 0.417. The number of fused-ring (bicyclic) bond motifs is 1. The quantitative estimate of drug-likeness (QED) is 0.260. The van der Waals surface area contributed by atoms with Crippen LogP contribution in [0, 0.1) is 10.1 Å². The van der Waals surface area contributed by atoms with Crippen LogP contribution in [0.3, 0.4) is 0 Å². The van der Waals surface area contributed by atoms with E-state index in [4.69, 9.17) is 4.99 Å². The van der Waals surface area contributed by atoms with Crippen molar-refractivity contribution in [1.29, 1.82) is 0 Å². The van der Waals surface area contributed by atoms with Gasteiger partial charge in [0.15, 0.2) is 0 Å². The minimum absolute atomic E-state index is 0.0861. The third-order valence-corrected chi connectivity index (χ3v) is 5.68. The molecule has 9 nitrogen and oxygen atoms in total. The molecule has 0 radical (unpaired) electrons. The van der Waals surface area contributed by atoms with Gasteiger partial charge in [-0.05, 0) is 29.3 Å². The highest BCUT2D eigenvalue weighted by Crippen LogP contribution is 2.38. The number of hydrogen-bond donors (Lipinski definition) is 2. The third-order valence-electron chi connectivity index (χ3n) is 5.68. The van der Waals surface area contributed by atoms with E-state index in [-0.39, 0.29) is 17.3 Å². The molecule has 0 saturated heterocycles. The Balaban J connectivity index is 1.55. The number of imidazole rings is 1. The fourth-order valence-corrected chi connectivity index (χ4v) is 4.02. The Morgan fingerprint density at radius 2 is 1.79 bits per heavy atom. The number of rotatable bonds is 6. The monoisotopic (exact) mass is 453 g/mol. The molecular formula is C25H19N5O4. The van der Waals surface area contributed by atoms with E-state index in [1.54, 1.807) is 23.0 Å². The number of H-pyrrole nitrogens is 1. The van der Waals surface area contributed by atoms with Gasteiger partial charge in [0.1, 0.15) is 5.92 Å². The number of nitro groups is 1. The van der Waals surface area contributed by atoms with Crippen molar-refractivity contribution in [3.63, 3.8) is 0 Å². The lowest BCUT2D eigenvalue weighted by Gasteiger charge is -2.14. The van der Waals surface area contributed by atoms with Crippen molar-refractivity contribution in [2.75, 3.05) is 5.32 Å². The number of carbonyl (C=O) groups excluding carboxylic acids is 1. The minimum Gasteiger partial charge on any atom is -0.325 e. The van der Waals surface area contributed by atoms with Crippen LogP contribution in [0.4, 0.5) is 17.1 Å². The number of aliphatic imine (C=N–C) groups is 1. The minimum atomic E-state index is -0.796. The van der Waals surface area contributed by atoms with Crippen molar-refractivity contribution in [2.24, 2.45) is 4.99 Å². The van der Waals surface area contributed by atoms with Crippen molar-refractivity contribution < 1.29 is 9.72 Å². The number of nitrogens with one attached hydrogen (secondary N) is 2. The van der Waals surface area contributed by atoms with E-state index < -0.39 is 10.8 Å². The van der Waals surface area contributed by atoms with Crippen LogP contribution in [0.5, 0.6) is 0 Å². The molecule has 2 heterocycles. The molecule has 1 aliphatic rings. The van der Waals surface area contributed by atoms with E-state index in [2.05, 4.69) is 10.3 Å². The molecule has 34 heavy (non-hydrogen) atoms. The predicted octanol–water partition coefficient (Wildman–Crippen LogP) is 3.99. The van der Waals surface area contributed by atoms with Crippen molar-refractivity contribution in [3.8, 4) is 0 Å². The molecule has 168 valence electrons. The van der Waals surface area contributed by atoms with E-state index >= 15 is 0 Å². The third kappa shape index (κ3) is 4.02. The molecule has 1 aliphatic heterocycles. The molecule has 0 bridgehead atoms. The predicted molar refractivity (Wildman–Crippen MR) is 128 cm³/mol. The lowest BCUT2D eigenvalue weighted by atomic mass is 9.90. The number of benzene rings is 3. The maximum Gasteiger partial charge on any atom is 0.325 e. The average Bonchev–Trinajstić information content (AvgIpc) is 3.40. The first-order chi connectivity index (χ1) is 16.5. The van der Waals surface area contributed by atoms with Crippen LogP contribution in [-0.4, -0.2) is 26.1 Å². The van der Waals surface area contributed by atoms with Crippen molar-refractivity contribution in [2.45, 2.75) is 12.5 Å². The van der Waals surface area contributed by atoms with Gasteiger partial charge in [-0.1, -0.05) is 42.5 Å². The maximum absolute atomic E-state index is 13.0. The van der Waals surface area contributed by atoms with Crippen LogP contribution in [0.2, 0.25) is 0 Å². The number of aromatic amines is 1. The van der Waals surface area contributed by atoms with Gasteiger partial charge in [-0.3, -0.25) is 24.5 Å². The average molecular weight is 453 g/mol. The number of carbonyl (C=O) groups is 1. The van der Waals surface area contributed by atoms with Gasteiger partial charge >= 0.3 is 5.69 Å². The van der Waals surface area contributed by atoms with Gasteiger partial charge < -0.3 is 10.3 Å². The largest absolute Gasteiger partial charge is 0.325 e. The molecule has 4 aromatic rings. The normalized spacial score (nSPS) is 15.1. The molecule has 0 saturated carbocycles. The standard InChI is InChI=1S/C25H19N5O4/c31-24-22(20-14-19(30(33)34)10-11-21(20)28-24)23(17-4-2-1-3-5-17)27-18-8-6-16(7-9-18)15-29-13-12-26-25(29)32/h1-14,22H,15H2,(H,26,32)(H,28,31). The first-order valence-electron chi connectivity index (χ1n) is 10.6. The number of amides is 1. The molecule has 2 N–H and O–H groups in total. The summed E-state index contributed by atoms with van der Waals surface area (Å²) in [4.78, 5) is 43.0. The summed E-state index contributed by atoms with van der Waals surface area (Å²) in [6.07, 6.45) is 3.26. The molecule has 5 rings (SSSR count). The molecule has 1 unspecified atom stereocenters. The van der Waals surface area contributed by atoms with Gasteiger partial charge in [0, 0.05) is 35.8 Å². The number of nitro benzene ring substituents is 1. The first kappa shape index (κ1) is 21.1. The van der Waals surface area contributed by atoms with Crippen LogP contribution in [0.1, 0.15) is 22.6 Å². The number of nitrogens with zero attached hydrogens (tertiary/aromatic N) is 3. The lowest BCUT2D eigenvalue weighted by molar-refractivity contribution is -0.384. The summed E-state index contributed by atoms with van der Waals surface area (Å²) < 4.78 is 1.56. The zero-order valence-electron chi connectivity index (χ0n) is 17.8. The molecular weight excluding hydrogens is 434 g/mol. The molecule has 0 aliphatic carbocycles. The Hall–Kier alpha value is -4.79. The Kier molecular flexibility index (Phi) is 5.35. The second-order valence-electron chi connectivity index (χ2n) is 7.87. The fraction of sp³-hybridized carbons (Fsp3) is 0.0800. The second-order valence-corrected chi connectivity index (χ2v) is 7.87. The van der Waals surface area contributed by atoms with Gasteiger partial charge in [-0.15, -0.1) is 0 Å². The van der Waals surface area contributed by atoms with Crippen LogP contribution in [-0.2, 0) is 11.3 Å². The molecule has 9 heteroatoms. The van der Waals surface area contributed by atoms with Crippen molar-refractivity contribution >= 4 is 28.7 Å². The fourth-order valence-electron chi connectivity index (χ4n) is 4.02. The van der Waals surface area contributed by atoms with Gasteiger partial charge in [0.25, 0.3) is 5.69 Å². The summed E-state index contributed by atoms with van der Waals surface area (Å²) in [5.74, 6) is -1.09. The molecule has 0 fully saturated rings. The Morgan fingerprint density at radius 1 is 1.03 bits per heavy atom. The highest BCUT2D eigenvalue weighted by atomic mass is 16.6. The summed E-state index contributed by atoms with van der Waals surface area (Å²) in [7, 11) is 0. The van der Waals surface area contributed by atoms with E-state index in [9.17, 15) is 19.7 Å². The zero-order chi connectivity index (χ0) is 23.7. The topological polar surface area (TPSA) is 122 Å². The molecule has 1 amide bonds. The lowest BCUT2D eigenvalue weighted by Crippen LogP contribution is -2.22. The van der Waals surface area contributed by atoms with Crippen molar-refractivity contribution in [3.05, 3.63) is 122 Å². The number of aromatic nitrogens is 2. The number of anilines is 1. The SMILES string of the molecule is O=C1Nc2ccc([N+](=O)[O-])cc2C1C(=Nc1ccc(Cn2cc[nH]c2=O)cc1)c1ccccc1. The van der Waals surface area contributed by atoms with E-state index in [0.29, 0.717) is 29.2 Å². The first-order valence-corrected chi connectivity index (χ1v) is 10.6. The molecule has 3 aromatic carbocycles. The highest BCUT2D eigenvalue weighted by Gasteiger charge is 2.36. The number of hydrogen-bond acceptors (Lipinski definition) is 5. The Bertz CT molecular complexity index is 1470. The van der Waals surface area contributed by atoms with Crippen LogP contribution >= 0.6 is 0 Å². The van der Waals surface area contributed by atoms with E-state index in [1.807, 2.05) is 54.6 Å². The van der Waals surface area contributed by atoms with Gasteiger partial charge in [-0.2, -0.15) is 0 Å². The summed E-state index contributed by atoms with van der Waals surface area (Å²) in [5.41, 5.74) is 3.56. The molecule has 0 spiro atoms. The second kappa shape index (κ2) is 8.62. The zero-order valence-corrected chi connectivity index (χ0v) is 17.8. The van der Waals surface area contributed by atoms with Crippen LogP contribution < -0.4 is 11.0 Å². The van der Waals surface area contributed by atoms with Crippen LogP contribution in [0.25, 0.3) is 0 Å². The number of non-ortho nitro benzene ring substituents is 1. The highest BCUT2D eigenvalue weighted by molar-refractivity contribution is 6.24. The smallest absolute Gasteiger partial charge is 0.325 e. The Morgan fingerprint density at radius 3 is 2.47 bits per heavy atom. The van der Waals surface area contributed by atoms with Gasteiger partial charge in [-0.25, -0.2) is 4.79 Å². The van der Waals surface area contributed by atoms with Crippen molar-refractivity contribution in [1.82, 2.24) is 9.55 Å². The van der Waals surface area contributed by atoms with Crippen LogP contribution in [0.15, 0.2) is 95.0 Å². The summed E-state index contributed by atoms with van der Waals surface area (Å²) in [6, 6.07) is 21.0. The maximum atomic E-state index is 13.0. The molecule has 1 atom stereocenters. The molecule has 1 aromatic heterocycles. The van der Waals surface area contributed by atoms with E-state index in [1.165, 1.54) is 12.1 Å².